The molecular weight excluding hydrogens is 307 g/mol. The van der Waals surface area contributed by atoms with Crippen LogP contribution in [0.25, 0.3) is 0 Å². The topological polar surface area (TPSA) is 26.3 Å². The van der Waals surface area contributed by atoms with Crippen molar-refractivity contribution in [3.8, 4) is 5.75 Å². The van der Waals surface area contributed by atoms with E-state index in [4.69, 9.17) is 27.9 Å². The van der Waals surface area contributed by atoms with Gasteiger partial charge in [-0.2, -0.15) is 0 Å². The highest BCUT2D eigenvalue weighted by Gasteiger charge is 2.21. The van der Waals surface area contributed by atoms with Gasteiger partial charge in [0.1, 0.15) is 5.75 Å². The molecule has 2 aromatic rings. The SMILES string of the molecule is Cc1cccc(C(=O)Cc2cc(Cl)cc3c2OCC3)c1Cl. The van der Waals surface area contributed by atoms with Crippen LogP contribution < -0.4 is 4.74 Å². The first kappa shape index (κ1) is 14.4. The summed E-state index contributed by atoms with van der Waals surface area (Å²) in [7, 11) is 0. The Kier molecular flexibility index (Phi) is 3.92. The van der Waals surface area contributed by atoms with Crippen LogP contribution in [0.15, 0.2) is 30.3 Å². The standard InChI is InChI=1S/C17H14Cl2O2/c1-10-3-2-4-14(16(10)19)15(20)9-12-8-13(18)7-11-5-6-21-17(11)12/h2-4,7-8H,5-6,9H2,1H3. The van der Waals surface area contributed by atoms with Crippen molar-refractivity contribution in [3.63, 3.8) is 0 Å². The third kappa shape index (κ3) is 2.78. The lowest BCUT2D eigenvalue weighted by Crippen LogP contribution is -2.06. The Labute approximate surface area is 133 Å². The fourth-order valence-electron chi connectivity index (χ4n) is 2.61. The maximum absolute atomic E-state index is 12.5. The summed E-state index contributed by atoms with van der Waals surface area (Å²) in [5.74, 6) is 0.778. The van der Waals surface area contributed by atoms with Crippen molar-refractivity contribution in [2.24, 2.45) is 0 Å². The average Bonchev–Trinajstić information content (AvgIpc) is 2.90. The van der Waals surface area contributed by atoms with Crippen LogP contribution in [0, 0.1) is 6.92 Å². The van der Waals surface area contributed by atoms with Crippen LogP contribution >= 0.6 is 23.2 Å². The summed E-state index contributed by atoms with van der Waals surface area (Å²) in [5, 5.41) is 1.15. The lowest BCUT2D eigenvalue weighted by atomic mass is 9.99. The number of Topliss-reactive ketones (excluding diaryl/α,β-unsaturated/α-hetero) is 1. The minimum Gasteiger partial charge on any atom is -0.493 e. The normalized spacial score (nSPS) is 12.9. The molecule has 0 saturated heterocycles. The Bertz CT molecular complexity index is 723. The highest BCUT2D eigenvalue weighted by Crippen LogP contribution is 2.34. The Morgan fingerprint density at radius 2 is 2.10 bits per heavy atom. The van der Waals surface area contributed by atoms with E-state index in [1.807, 2.05) is 25.1 Å². The quantitative estimate of drug-likeness (QED) is 0.769. The summed E-state index contributed by atoms with van der Waals surface area (Å²) in [5.41, 5.74) is 3.34. The van der Waals surface area contributed by atoms with Crippen LogP contribution in [0.4, 0.5) is 0 Å². The molecule has 0 spiro atoms. The number of hydrogen-bond acceptors (Lipinski definition) is 2. The number of carbonyl (C=O) groups is 1. The van der Waals surface area contributed by atoms with Gasteiger partial charge in [-0.15, -0.1) is 0 Å². The van der Waals surface area contributed by atoms with E-state index in [2.05, 4.69) is 0 Å². The van der Waals surface area contributed by atoms with E-state index in [1.165, 1.54) is 0 Å². The molecule has 1 aliphatic rings. The molecule has 2 aromatic carbocycles. The zero-order valence-electron chi connectivity index (χ0n) is 11.6. The Morgan fingerprint density at radius 3 is 2.90 bits per heavy atom. The highest BCUT2D eigenvalue weighted by atomic mass is 35.5. The predicted octanol–water partition coefficient (Wildman–Crippen LogP) is 4.66. The van der Waals surface area contributed by atoms with Gasteiger partial charge in [-0.3, -0.25) is 4.79 Å². The molecule has 0 N–H and O–H groups in total. The van der Waals surface area contributed by atoms with Gasteiger partial charge in [0.2, 0.25) is 0 Å². The third-order valence-corrected chi connectivity index (χ3v) is 4.39. The van der Waals surface area contributed by atoms with Crippen LogP contribution in [-0.4, -0.2) is 12.4 Å². The smallest absolute Gasteiger partial charge is 0.168 e. The second kappa shape index (κ2) is 5.70. The summed E-state index contributed by atoms with van der Waals surface area (Å²) in [4.78, 5) is 12.5. The molecule has 3 rings (SSSR count). The zero-order valence-corrected chi connectivity index (χ0v) is 13.1. The molecule has 0 aromatic heterocycles. The van der Waals surface area contributed by atoms with Gasteiger partial charge in [-0.1, -0.05) is 35.3 Å². The first-order valence-corrected chi connectivity index (χ1v) is 7.54. The summed E-state index contributed by atoms with van der Waals surface area (Å²) >= 11 is 12.3. The van der Waals surface area contributed by atoms with Gasteiger partial charge in [-0.05, 0) is 36.2 Å². The van der Waals surface area contributed by atoms with E-state index in [1.54, 1.807) is 12.1 Å². The number of ether oxygens (including phenoxy) is 1. The number of ketones is 1. The monoisotopic (exact) mass is 320 g/mol. The van der Waals surface area contributed by atoms with Gasteiger partial charge in [0.15, 0.2) is 5.78 Å². The molecule has 0 amide bonds. The molecule has 1 aliphatic heterocycles. The van der Waals surface area contributed by atoms with E-state index in [-0.39, 0.29) is 12.2 Å². The maximum Gasteiger partial charge on any atom is 0.168 e. The fraction of sp³-hybridized carbons (Fsp3) is 0.235. The van der Waals surface area contributed by atoms with E-state index in [9.17, 15) is 4.79 Å². The first-order chi connectivity index (χ1) is 10.1. The molecule has 0 unspecified atom stereocenters. The van der Waals surface area contributed by atoms with Crippen molar-refractivity contribution in [2.45, 2.75) is 19.8 Å². The Morgan fingerprint density at radius 1 is 1.29 bits per heavy atom. The number of benzene rings is 2. The van der Waals surface area contributed by atoms with Gasteiger partial charge in [0, 0.05) is 29.0 Å². The molecule has 0 bridgehead atoms. The minimum atomic E-state index is -0.0244. The first-order valence-electron chi connectivity index (χ1n) is 6.78. The van der Waals surface area contributed by atoms with Crippen LogP contribution in [-0.2, 0) is 12.8 Å². The molecule has 1 heterocycles. The van der Waals surface area contributed by atoms with Crippen molar-refractivity contribution in [1.82, 2.24) is 0 Å². The molecule has 21 heavy (non-hydrogen) atoms. The van der Waals surface area contributed by atoms with Crippen molar-refractivity contribution in [3.05, 3.63) is 62.6 Å². The van der Waals surface area contributed by atoms with Crippen molar-refractivity contribution >= 4 is 29.0 Å². The van der Waals surface area contributed by atoms with Gasteiger partial charge in [-0.25, -0.2) is 0 Å². The van der Waals surface area contributed by atoms with E-state index in [0.717, 1.165) is 28.9 Å². The van der Waals surface area contributed by atoms with Gasteiger partial charge >= 0.3 is 0 Å². The average molecular weight is 321 g/mol. The predicted molar refractivity (Wildman–Crippen MR) is 84.9 cm³/mol. The molecule has 0 aliphatic carbocycles. The number of aryl methyl sites for hydroxylation is 1. The zero-order chi connectivity index (χ0) is 15.0. The number of halogens is 2. The molecule has 0 saturated carbocycles. The highest BCUT2D eigenvalue weighted by molar-refractivity contribution is 6.34. The third-order valence-electron chi connectivity index (χ3n) is 3.67. The molecule has 0 atom stereocenters. The Balaban J connectivity index is 1.94. The number of rotatable bonds is 3. The number of fused-ring (bicyclic) bond motifs is 1. The minimum absolute atomic E-state index is 0.0244. The molecular formula is C17H14Cl2O2. The van der Waals surface area contributed by atoms with Crippen LogP contribution in [0.5, 0.6) is 5.75 Å². The molecule has 0 fully saturated rings. The molecule has 0 radical (unpaired) electrons. The van der Waals surface area contributed by atoms with E-state index in [0.29, 0.717) is 22.2 Å². The summed E-state index contributed by atoms with van der Waals surface area (Å²) in [6, 6.07) is 9.18. The second-order valence-electron chi connectivity index (χ2n) is 5.19. The molecule has 2 nitrogen and oxygen atoms in total. The molecule has 108 valence electrons. The Hall–Kier alpha value is -1.51. The second-order valence-corrected chi connectivity index (χ2v) is 6.00. The van der Waals surface area contributed by atoms with E-state index < -0.39 is 0 Å². The number of carbonyl (C=O) groups excluding carboxylic acids is 1. The maximum atomic E-state index is 12.5. The summed E-state index contributed by atoms with van der Waals surface area (Å²) < 4.78 is 5.63. The summed E-state index contributed by atoms with van der Waals surface area (Å²) in [6.45, 7) is 2.53. The lowest BCUT2D eigenvalue weighted by molar-refractivity contribution is 0.0992. The van der Waals surface area contributed by atoms with Crippen LogP contribution in [0.2, 0.25) is 10.0 Å². The van der Waals surface area contributed by atoms with Gasteiger partial charge in [0.05, 0.1) is 11.6 Å². The van der Waals surface area contributed by atoms with Gasteiger partial charge < -0.3 is 4.74 Å². The fourth-order valence-corrected chi connectivity index (χ4v) is 3.10. The summed E-state index contributed by atoms with van der Waals surface area (Å²) in [6.07, 6.45) is 1.08. The van der Waals surface area contributed by atoms with Crippen LogP contribution in [0.1, 0.15) is 27.0 Å². The van der Waals surface area contributed by atoms with Crippen molar-refractivity contribution in [2.75, 3.05) is 6.61 Å². The largest absolute Gasteiger partial charge is 0.493 e. The van der Waals surface area contributed by atoms with Crippen LogP contribution in [0.3, 0.4) is 0 Å². The lowest BCUT2D eigenvalue weighted by Gasteiger charge is -2.10. The van der Waals surface area contributed by atoms with Crippen molar-refractivity contribution in [1.29, 1.82) is 0 Å². The number of hydrogen-bond donors (Lipinski definition) is 0. The van der Waals surface area contributed by atoms with Crippen molar-refractivity contribution < 1.29 is 9.53 Å². The van der Waals surface area contributed by atoms with E-state index >= 15 is 0 Å². The molecule has 4 heteroatoms. The van der Waals surface area contributed by atoms with Gasteiger partial charge in [0.25, 0.3) is 0 Å².